The third-order valence-electron chi connectivity index (χ3n) is 3.09. The van der Waals surface area contributed by atoms with E-state index < -0.39 is 0 Å². The molecule has 1 heterocycles. The average Bonchev–Trinajstić information content (AvgIpc) is 3.01. The zero-order chi connectivity index (χ0) is 15.8. The molecule has 2 aromatic rings. The number of hydrogen-bond acceptors (Lipinski definition) is 1. The van der Waals surface area contributed by atoms with Gasteiger partial charge in [-0.05, 0) is 37.3 Å². The topological polar surface area (TPSA) is 41.4 Å². The number of benzene rings is 1. The Kier molecular flexibility index (Phi) is 6.45. The van der Waals surface area contributed by atoms with Crippen molar-refractivity contribution in [3.63, 3.8) is 0 Å². The van der Waals surface area contributed by atoms with E-state index in [1.165, 1.54) is 6.07 Å². The van der Waals surface area contributed by atoms with Crippen molar-refractivity contribution in [2.45, 2.75) is 20.0 Å². The normalized spacial score (nSPS) is 11.5. The molecule has 6 heteroatoms. The quantitative estimate of drug-likeness (QED) is 0.609. The van der Waals surface area contributed by atoms with E-state index in [4.69, 9.17) is 0 Å². The summed E-state index contributed by atoms with van der Waals surface area (Å²) in [5.74, 6) is 0.448. The van der Waals surface area contributed by atoms with Gasteiger partial charge in [0.05, 0.1) is 6.54 Å². The van der Waals surface area contributed by atoms with Crippen LogP contribution in [0.15, 0.2) is 52.2 Å². The minimum absolute atomic E-state index is 0.241. The second-order valence-corrected chi connectivity index (χ2v) is 5.69. The van der Waals surface area contributed by atoms with Crippen molar-refractivity contribution in [1.82, 2.24) is 15.2 Å². The van der Waals surface area contributed by atoms with Gasteiger partial charge in [-0.3, -0.25) is 0 Å². The molecular formula is C16H20BrFN4. The van der Waals surface area contributed by atoms with Crippen molar-refractivity contribution in [2.75, 3.05) is 13.1 Å². The number of halogens is 2. The number of hydrogen-bond donors (Lipinski definition) is 2. The molecule has 0 atom stereocenters. The molecular weight excluding hydrogens is 347 g/mol. The Morgan fingerprint density at radius 3 is 2.77 bits per heavy atom. The highest BCUT2D eigenvalue weighted by Crippen LogP contribution is 2.16. The minimum atomic E-state index is -0.241. The molecule has 22 heavy (non-hydrogen) atoms. The lowest BCUT2D eigenvalue weighted by molar-refractivity contribution is 0.609. The number of aromatic nitrogens is 1. The molecule has 0 fully saturated rings. The van der Waals surface area contributed by atoms with Crippen LogP contribution in [0.25, 0.3) is 0 Å². The summed E-state index contributed by atoms with van der Waals surface area (Å²) < 4.78 is 16.6. The number of aliphatic imine (C=N–C) groups is 1. The van der Waals surface area contributed by atoms with Crippen LogP contribution in [0, 0.1) is 5.82 Å². The van der Waals surface area contributed by atoms with Crippen LogP contribution in [0.2, 0.25) is 0 Å². The van der Waals surface area contributed by atoms with Gasteiger partial charge in [-0.2, -0.15) is 0 Å². The van der Waals surface area contributed by atoms with E-state index in [-0.39, 0.29) is 5.82 Å². The van der Waals surface area contributed by atoms with Gasteiger partial charge in [-0.1, -0.05) is 15.9 Å². The lowest BCUT2D eigenvalue weighted by Crippen LogP contribution is -2.38. The molecule has 0 aliphatic carbocycles. The van der Waals surface area contributed by atoms with E-state index in [1.807, 2.05) is 31.5 Å². The van der Waals surface area contributed by atoms with Crippen molar-refractivity contribution in [3.8, 4) is 0 Å². The Balaban J connectivity index is 1.92. The standard InChI is InChI=1S/C16H20BrFN4/c1-2-19-16(20-7-10-22-8-3-4-9-22)21-12-13-11-14(17)5-6-15(13)18/h3-6,8-9,11H,2,7,10,12H2,1H3,(H2,19,20,21). The molecule has 0 bridgehead atoms. The summed E-state index contributed by atoms with van der Waals surface area (Å²) in [5, 5.41) is 6.41. The number of guanidine groups is 1. The second kappa shape index (κ2) is 8.58. The zero-order valence-corrected chi connectivity index (χ0v) is 14.1. The SMILES string of the molecule is CCNC(=NCc1cc(Br)ccc1F)NCCn1cccc1. The highest BCUT2D eigenvalue weighted by Gasteiger charge is 2.03. The summed E-state index contributed by atoms with van der Waals surface area (Å²) in [7, 11) is 0. The molecule has 0 aliphatic heterocycles. The third-order valence-corrected chi connectivity index (χ3v) is 3.58. The van der Waals surface area contributed by atoms with Crippen LogP contribution in [0.5, 0.6) is 0 Å². The summed E-state index contributed by atoms with van der Waals surface area (Å²) in [5.41, 5.74) is 0.567. The van der Waals surface area contributed by atoms with Crippen molar-refractivity contribution in [3.05, 3.63) is 58.6 Å². The van der Waals surface area contributed by atoms with Gasteiger partial charge in [0.2, 0.25) is 0 Å². The van der Waals surface area contributed by atoms with Gasteiger partial charge in [0, 0.05) is 42.1 Å². The first-order chi connectivity index (χ1) is 10.7. The molecule has 0 aliphatic rings. The fourth-order valence-corrected chi connectivity index (χ4v) is 2.40. The number of nitrogens with one attached hydrogen (secondary N) is 2. The van der Waals surface area contributed by atoms with Gasteiger partial charge < -0.3 is 15.2 Å². The molecule has 118 valence electrons. The highest BCUT2D eigenvalue weighted by atomic mass is 79.9. The third kappa shape index (κ3) is 5.18. The van der Waals surface area contributed by atoms with Gasteiger partial charge in [-0.25, -0.2) is 9.38 Å². The van der Waals surface area contributed by atoms with Gasteiger partial charge in [0.1, 0.15) is 5.82 Å². The van der Waals surface area contributed by atoms with Crippen LogP contribution >= 0.6 is 15.9 Å². The fraction of sp³-hybridized carbons (Fsp3) is 0.312. The molecule has 0 radical (unpaired) electrons. The molecule has 1 aromatic heterocycles. The summed E-state index contributed by atoms with van der Waals surface area (Å²) in [6, 6.07) is 8.87. The fourth-order valence-electron chi connectivity index (χ4n) is 1.99. The molecule has 0 saturated carbocycles. The van der Waals surface area contributed by atoms with E-state index in [1.54, 1.807) is 12.1 Å². The second-order valence-electron chi connectivity index (χ2n) is 4.78. The first kappa shape index (κ1) is 16.5. The van der Waals surface area contributed by atoms with Gasteiger partial charge in [0.25, 0.3) is 0 Å². The number of rotatable bonds is 6. The van der Waals surface area contributed by atoms with Crippen molar-refractivity contribution in [2.24, 2.45) is 4.99 Å². The van der Waals surface area contributed by atoms with Crippen LogP contribution in [0.4, 0.5) is 4.39 Å². The Labute approximate surface area is 138 Å². The average molecular weight is 367 g/mol. The maximum absolute atomic E-state index is 13.7. The lowest BCUT2D eigenvalue weighted by Gasteiger charge is -2.12. The largest absolute Gasteiger partial charge is 0.357 e. The molecule has 0 unspecified atom stereocenters. The molecule has 0 amide bonds. The first-order valence-corrected chi connectivity index (χ1v) is 8.05. The van der Waals surface area contributed by atoms with E-state index >= 15 is 0 Å². The molecule has 1 aromatic carbocycles. The molecule has 0 spiro atoms. The van der Waals surface area contributed by atoms with Crippen molar-refractivity contribution >= 4 is 21.9 Å². The Morgan fingerprint density at radius 1 is 1.27 bits per heavy atom. The van der Waals surface area contributed by atoms with Crippen LogP contribution in [0.1, 0.15) is 12.5 Å². The molecule has 0 saturated heterocycles. The van der Waals surface area contributed by atoms with Gasteiger partial charge in [-0.15, -0.1) is 0 Å². The van der Waals surface area contributed by atoms with E-state index in [0.717, 1.165) is 24.1 Å². The maximum Gasteiger partial charge on any atom is 0.191 e. The Bertz CT molecular complexity index is 611. The zero-order valence-electron chi connectivity index (χ0n) is 12.5. The molecule has 4 nitrogen and oxygen atoms in total. The first-order valence-electron chi connectivity index (χ1n) is 7.26. The van der Waals surface area contributed by atoms with Crippen molar-refractivity contribution < 1.29 is 4.39 Å². The minimum Gasteiger partial charge on any atom is -0.357 e. The monoisotopic (exact) mass is 366 g/mol. The van der Waals surface area contributed by atoms with E-state index in [2.05, 4.69) is 36.1 Å². The number of nitrogens with zero attached hydrogens (tertiary/aromatic N) is 2. The predicted octanol–water partition coefficient (Wildman–Crippen LogP) is 3.15. The highest BCUT2D eigenvalue weighted by molar-refractivity contribution is 9.10. The molecule has 2 rings (SSSR count). The smallest absolute Gasteiger partial charge is 0.191 e. The molecule has 2 N–H and O–H groups in total. The van der Waals surface area contributed by atoms with Crippen LogP contribution in [-0.4, -0.2) is 23.6 Å². The van der Waals surface area contributed by atoms with Crippen LogP contribution in [-0.2, 0) is 13.1 Å². The predicted molar refractivity (Wildman–Crippen MR) is 91.4 cm³/mol. The summed E-state index contributed by atoms with van der Waals surface area (Å²) in [4.78, 5) is 4.43. The van der Waals surface area contributed by atoms with Gasteiger partial charge in [0.15, 0.2) is 5.96 Å². The van der Waals surface area contributed by atoms with E-state index in [0.29, 0.717) is 18.1 Å². The van der Waals surface area contributed by atoms with Crippen LogP contribution < -0.4 is 10.6 Å². The summed E-state index contributed by atoms with van der Waals surface area (Å²) in [6.45, 7) is 4.66. The Hall–Kier alpha value is -1.82. The van der Waals surface area contributed by atoms with Gasteiger partial charge >= 0.3 is 0 Å². The lowest BCUT2D eigenvalue weighted by atomic mass is 10.2. The Morgan fingerprint density at radius 2 is 2.05 bits per heavy atom. The van der Waals surface area contributed by atoms with E-state index in [9.17, 15) is 4.39 Å². The summed E-state index contributed by atoms with van der Waals surface area (Å²) in [6.07, 6.45) is 4.03. The van der Waals surface area contributed by atoms with Crippen molar-refractivity contribution in [1.29, 1.82) is 0 Å². The maximum atomic E-state index is 13.7. The summed E-state index contributed by atoms with van der Waals surface area (Å²) >= 11 is 3.35. The van der Waals surface area contributed by atoms with Crippen LogP contribution in [0.3, 0.4) is 0 Å².